The maximum Gasteiger partial charge on any atom is 0.193 e. The Morgan fingerprint density at radius 3 is 2.24 bits per heavy atom. The molecular weight excluding hydrogens is 268 g/mol. The molecule has 0 saturated heterocycles. The molecule has 0 saturated carbocycles. The molecule has 0 spiro atoms. The van der Waals surface area contributed by atoms with E-state index in [1.165, 1.54) is 6.07 Å². The Bertz CT molecular complexity index is 800. The molecule has 0 amide bonds. The lowest BCUT2D eigenvalue weighted by Crippen LogP contribution is -2.16. The van der Waals surface area contributed by atoms with Crippen molar-refractivity contribution < 1.29 is 14.3 Å². The Morgan fingerprint density at radius 1 is 1.00 bits per heavy atom. The van der Waals surface area contributed by atoms with E-state index in [2.05, 4.69) is 0 Å². The van der Waals surface area contributed by atoms with Crippen LogP contribution >= 0.6 is 0 Å². The predicted molar refractivity (Wildman–Crippen MR) is 78.6 cm³/mol. The Kier molecular flexibility index (Phi) is 4.51. The van der Waals surface area contributed by atoms with Crippen LogP contribution in [0.1, 0.15) is 6.92 Å². The number of aliphatic carboxylic acids is 1. The number of rotatable bonds is 1. The second-order valence-corrected chi connectivity index (χ2v) is 4.33. The SMILES string of the molecule is CC(=O)[O-].O=c1cc(-c2ccccc2)oc2ccccc12. The number of carboxylic acids is 1. The van der Waals surface area contributed by atoms with Gasteiger partial charge in [0, 0.05) is 17.6 Å². The molecule has 4 nitrogen and oxygen atoms in total. The molecule has 0 radical (unpaired) electrons. The first-order valence-corrected chi connectivity index (χ1v) is 6.34. The van der Waals surface area contributed by atoms with Gasteiger partial charge in [0.25, 0.3) is 0 Å². The maximum atomic E-state index is 11.9. The van der Waals surface area contributed by atoms with Crippen molar-refractivity contribution >= 4 is 16.9 Å². The minimum absolute atomic E-state index is 0.00861. The van der Waals surface area contributed by atoms with Crippen LogP contribution in [0.4, 0.5) is 0 Å². The Morgan fingerprint density at radius 2 is 1.57 bits per heavy atom. The number of fused-ring (bicyclic) bond motifs is 1. The molecule has 0 fully saturated rings. The minimum atomic E-state index is -1.08. The van der Waals surface area contributed by atoms with E-state index in [1.54, 1.807) is 6.07 Å². The average Bonchev–Trinajstić information content (AvgIpc) is 2.47. The molecule has 21 heavy (non-hydrogen) atoms. The minimum Gasteiger partial charge on any atom is -0.550 e. The first-order valence-electron chi connectivity index (χ1n) is 6.34. The van der Waals surface area contributed by atoms with Crippen LogP contribution in [0.3, 0.4) is 0 Å². The van der Waals surface area contributed by atoms with Gasteiger partial charge in [0.2, 0.25) is 0 Å². The van der Waals surface area contributed by atoms with Gasteiger partial charge in [-0.15, -0.1) is 0 Å². The molecule has 3 rings (SSSR count). The quantitative estimate of drug-likeness (QED) is 0.685. The third-order valence-electron chi connectivity index (χ3n) is 2.69. The molecule has 3 aromatic rings. The monoisotopic (exact) mass is 281 g/mol. The summed E-state index contributed by atoms with van der Waals surface area (Å²) in [7, 11) is 0. The zero-order valence-corrected chi connectivity index (χ0v) is 11.4. The van der Waals surface area contributed by atoms with Crippen LogP contribution in [0.25, 0.3) is 22.3 Å². The molecule has 0 aliphatic rings. The molecule has 4 heteroatoms. The largest absolute Gasteiger partial charge is 0.550 e. The van der Waals surface area contributed by atoms with Gasteiger partial charge in [-0.25, -0.2) is 0 Å². The fourth-order valence-corrected chi connectivity index (χ4v) is 1.85. The second-order valence-electron chi connectivity index (χ2n) is 4.33. The summed E-state index contributed by atoms with van der Waals surface area (Å²) in [6, 6.07) is 18.4. The zero-order valence-electron chi connectivity index (χ0n) is 11.4. The molecule has 0 bridgehead atoms. The van der Waals surface area contributed by atoms with Crippen molar-refractivity contribution in [2.24, 2.45) is 0 Å². The first kappa shape index (κ1) is 14.5. The van der Waals surface area contributed by atoms with E-state index in [9.17, 15) is 4.79 Å². The predicted octanol–water partition coefficient (Wildman–Crippen LogP) is 2.22. The number of carbonyl (C=O) groups is 1. The number of benzene rings is 2. The van der Waals surface area contributed by atoms with E-state index in [0.717, 1.165) is 12.5 Å². The highest BCUT2D eigenvalue weighted by Gasteiger charge is 2.05. The van der Waals surface area contributed by atoms with Crippen LogP contribution in [-0.2, 0) is 4.79 Å². The van der Waals surface area contributed by atoms with Crippen molar-refractivity contribution in [3.63, 3.8) is 0 Å². The van der Waals surface area contributed by atoms with Crippen LogP contribution in [0.2, 0.25) is 0 Å². The summed E-state index contributed by atoms with van der Waals surface area (Å²) in [6.07, 6.45) is 0. The van der Waals surface area contributed by atoms with Crippen LogP contribution in [0.15, 0.2) is 69.9 Å². The molecular formula is C17H13O4-. The third-order valence-corrected chi connectivity index (χ3v) is 2.69. The molecule has 1 aromatic heterocycles. The summed E-state index contributed by atoms with van der Waals surface area (Å²) in [5.41, 5.74) is 1.53. The van der Waals surface area contributed by atoms with Gasteiger partial charge in [0.15, 0.2) is 5.43 Å². The van der Waals surface area contributed by atoms with Crippen LogP contribution < -0.4 is 10.5 Å². The smallest absolute Gasteiger partial charge is 0.193 e. The number of para-hydroxylation sites is 1. The van der Waals surface area contributed by atoms with Gasteiger partial charge in [-0.2, -0.15) is 0 Å². The van der Waals surface area contributed by atoms with E-state index >= 15 is 0 Å². The van der Waals surface area contributed by atoms with Crippen LogP contribution in [0, 0.1) is 0 Å². The highest BCUT2D eigenvalue weighted by Crippen LogP contribution is 2.21. The Labute approximate surface area is 121 Å². The highest BCUT2D eigenvalue weighted by molar-refractivity contribution is 5.78. The van der Waals surface area contributed by atoms with Crippen molar-refractivity contribution in [1.82, 2.24) is 0 Å². The van der Waals surface area contributed by atoms with Crippen LogP contribution in [0.5, 0.6) is 0 Å². The Hall–Kier alpha value is -2.88. The van der Waals surface area contributed by atoms with Crippen LogP contribution in [-0.4, -0.2) is 5.97 Å². The summed E-state index contributed by atoms with van der Waals surface area (Å²) in [4.78, 5) is 20.8. The van der Waals surface area contributed by atoms with Gasteiger partial charge in [-0.1, -0.05) is 42.5 Å². The fourth-order valence-electron chi connectivity index (χ4n) is 1.85. The van der Waals surface area contributed by atoms with Gasteiger partial charge in [0.1, 0.15) is 11.3 Å². The highest BCUT2D eigenvalue weighted by atomic mass is 16.4. The lowest BCUT2D eigenvalue weighted by Gasteiger charge is -2.02. The normalized spacial score (nSPS) is 9.76. The molecule has 0 aliphatic heterocycles. The van der Waals surface area contributed by atoms with Gasteiger partial charge in [-0.3, -0.25) is 4.79 Å². The molecule has 2 aromatic carbocycles. The molecule has 106 valence electrons. The van der Waals surface area contributed by atoms with Gasteiger partial charge in [-0.05, 0) is 19.1 Å². The second kappa shape index (κ2) is 6.52. The van der Waals surface area contributed by atoms with Gasteiger partial charge >= 0.3 is 0 Å². The summed E-state index contributed by atoms with van der Waals surface area (Å²) in [5, 5.41) is 9.51. The van der Waals surface area contributed by atoms with Gasteiger partial charge < -0.3 is 14.3 Å². The number of hydrogen-bond acceptors (Lipinski definition) is 4. The van der Waals surface area contributed by atoms with Crippen molar-refractivity contribution in [3.05, 3.63) is 70.9 Å². The van der Waals surface area contributed by atoms with Crippen molar-refractivity contribution in [1.29, 1.82) is 0 Å². The summed E-state index contributed by atoms with van der Waals surface area (Å²) < 4.78 is 5.73. The molecule has 0 aliphatic carbocycles. The van der Waals surface area contributed by atoms with Crippen molar-refractivity contribution in [2.75, 3.05) is 0 Å². The van der Waals surface area contributed by atoms with E-state index in [0.29, 0.717) is 16.7 Å². The molecule has 0 atom stereocenters. The summed E-state index contributed by atoms with van der Waals surface area (Å²) >= 11 is 0. The third kappa shape index (κ3) is 3.79. The standard InChI is InChI=1S/C15H10O2.C2H4O2/c16-13-10-15(11-6-2-1-3-7-11)17-14-9-5-4-8-12(13)14;1-2(3)4/h1-10H;1H3,(H,3,4)/p-1. The van der Waals surface area contributed by atoms with E-state index in [-0.39, 0.29) is 5.43 Å². The lowest BCUT2D eigenvalue weighted by molar-refractivity contribution is -0.302. The van der Waals surface area contributed by atoms with Gasteiger partial charge in [0.05, 0.1) is 5.39 Å². The lowest BCUT2D eigenvalue weighted by atomic mass is 10.1. The summed E-state index contributed by atoms with van der Waals surface area (Å²) in [5.74, 6) is -0.477. The topological polar surface area (TPSA) is 70.3 Å². The zero-order chi connectivity index (χ0) is 15.2. The maximum absolute atomic E-state index is 11.9. The van der Waals surface area contributed by atoms with E-state index in [4.69, 9.17) is 14.3 Å². The van der Waals surface area contributed by atoms with E-state index in [1.807, 2.05) is 48.5 Å². The molecule has 0 N–H and O–H groups in total. The number of carbonyl (C=O) groups excluding carboxylic acids is 1. The molecule has 0 unspecified atom stereocenters. The average molecular weight is 281 g/mol. The number of carboxylic acid groups (broad SMARTS) is 1. The molecule has 1 heterocycles. The van der Waals surface area contributed by atoms with E-state index < -0.39 is 5.97 Å². The number of hydrogen-bond donors (Lipinski definition) is 0. The fraction of sp³-hybridized carbons (Fsp3) is 0.0588. The summed E-state index contributed by atoms with van der Waals surface area (Å²) in [6.45, 7) is 0.972. The first-order chi connectivity index (χ1) is 10.1. The van der Waals surface area contributed by atoms with Crippen molar-refractivity contribution in [3.8, 4) is 11.3 Å². The van der Waals surface area contributed by atoms with Crippen molar-refractivity contribution in [2.45, 2.75) is 6.92 Å². The Balaban J connectivity index is 0.000000361.